The SMILES string of the molecule is CNCCCCCS(=O)(=O)N1[C@@H]2CC[C@H]1CC(NC(=O)c1cc(C3CC3)on1)C2. The van der Waals surface area contributed by atoms with Crippen molar-refractivity contribution in [1.29, 1.82) is 0 Å². The highest BCUT2D eigenvalue weighted by molar-refractivity contribution is 7.89. The molecule has 2 aliphatic heterocycles. The molecule has 2 saturated heterocycles. The van der Waals surface area contributed by atoms with E-state index in [0.29, 0.717) is 30.9 Å². The Labute approximate surface area is 172 Å². The van der Waals surface area contributed by atoms with Crippen LogP contribution in [0, 0.1) is 0 Å². The maximum atomic E-state index is 12.9. The van der Waals surface area contributed by atoms with Crippen molar-refractivity contribution in [2.45, 2.75) is 81.8 Å². The first kappa shape index (κ1) is 20.8. The second kappa shape index (κ2) is 8.73. The van der Waals surface area contributed by atoms with Gasteiger partial charge in [-0.1, -0.05) is 11.6 Å². The highest BCUT2D eigenvalue weighted by Gasteiger charge is 2.46. The molecule has 3 aliphatic rings. The third-order valence-electron chi connectivity index (χ3n) is 6.39. The van der Waals surface area contributed by atoms with Crippen LogP contribution in [0.15, 0.2) is 10.6 Å². The zero-order valence-electron chi connectivity index (χ0n) is 17.1. The lowest BCUT2D eigenvalue weighted by Gasteiger charge is -2.38. The summed E-state index contributed by atoms with van der Waals surface area (Å²) in [5, 5.41) is 10.1. The van der Waals surface area contributed by atoms with Gasteiger partial charge in [0.25, 0.3) is 5.91 Å². The predicted octanol–water partition coefficient (Wildman–Crippen LogP) is 2.00. The number of carbonyl (C=O) groups excluding carboxylic acids is 1. The van der Waals surface area contributed by atoms with Crippen LogP contribution in [0.3, 0.4) is 0 Å². The van der Waals surface area contributed by atoms with Gasteiger partial charge in [0.15, 0.2) is 5.69 Å². The molecule has 9 heteroatoms. The Morgan fingerprint density at radius 1 is 1.17 bits per heavy atom. The van der Waals surface area contributed by atoms with Gasteiger partial charge in [-0.2, -0.15) is 4.31 Å². The molecule has 4 rings (SSSR count). The van der Waals surface area contributed by atoms with Crippen molar-refractivity contribution in [3.63, 3.8) is 0 Å². The molecule has 1 saturated carbocycles. The van der Waals surface area contributed by atoms with Crippen molar-refractivity contribution >= 4 is 15.9 Å². The minimum Gasteiger partial charge on any atom is -0.360 e. The number of sulfonamides is 1. The van der Waals surface area contributed by atoms with E-state index in [-0.39, 0.29) is 29.8 Å². The molecule has 3 atom stereocenters. The number of hydrogen-bond donors (Lipinski definition) is 2. The summed E-state index contributed by atoms with van der Waals surface area (Å²) in [6.45, 7) is 0.921. The molecule has 1 amide bonds. The normalized spacial score (nSPS) is 27.3. The predicted molar refractivity (Wildman–Crippen MR) is 109 cm³/mol. The first-order chi connectivity index (χ1) is 14.0. The van der Waals surface area contributed by atoms with Crippen LogP contribution >= 0.6 is 0 Å². The molecule has 1 aromatic heterocycles. The zero-order chi connectivity index (χ0) is 20.4. The molecule has 0 spiro atoms. The molecule has 3 heterocycles. The molecule has 0 aromatic carbocycles. The van der Waals surface area contributed by atoms with Crippen molar-refractivity contribution in [2.24, 2.45) is 0 Å². The first-order valence-electron chi connectivity index (χ1n) is 10.9. The average molecular weight is 425 g/mol. The van der Waals surface area contributed by atoms with E-state index < -0.39 is 10.0 Å². The number of unbranched alkanes of at least 4 members (excludes halogenated alkanes) is 2. The molecule has 1 aromatic rings. The second-order valence-electron chi connectivity index (χ2n) is 8.73. The van der Waals surface area contributed by atoms with Crippen molar-refractivity contribution < 1.29 is 17.7 Å². The summed E-state index contributed by atoms with van der Waals surface area (Å²) in [6, 6.07) is 1.74. The van der Waals surface area contributed by atoms with Gasteiger partial charge in [-0.3, -0.25) is 4.79 Å². The van der Waals surface area contributed by atoms with Gasteiger partial charge in [0, 0.05) is 30.1 Å². The molecular weight excluding hydrogens is 392 g/mol. The van der Waals surface area contributed by atoms with Crippen LogP contribution in [-0.2, 0) is 10.0 Å². The standard InChI is InChI=1S/C20H32N4O4S/c1-21-9-3-2-4-10-29(26,27)24-16-7-8-17(24)12-15(11-16)22-20(25)18-13-19(28-23-18)14-5-6-14/h13-17,21H,2-12H2,1H3,(H,22,25)/t15?,16-,17+. The van der Waals surface area contributed by atoms with Crippen LogP contribution < -0.4 is 10.6 Å². The van der Waals surface area contributed by atoms with Gasteiger partial charge in [-0.25, -0.2) is 8.42 Å². The number of nitrogens with one attached hydrogen (secondary N) is 2. The van der Waals surface area contributed by atoms with Crippen molar-refractivity contribution in [3.8, 4) is 0 Å². The number of hydrogen-bond acceptors (Lipinski definition) is 6. The van der Waals surface area contributed by atoms with Crippen LogP contribution in [0.2, 0.25) is 0 Å². The average Bonchev–Trinajstić information content (AvgIpc) is 3.34. The highest BCUT2D eigenvalue weighted by atomic mass is 32.2. The van der Waals surface area contributed by atoms with Gasteiger partial charge < -0.3 is 15.2 Å². The van der Waals surface area contributed by atoms with Gasteiger partial charge in [0.2, 0.25) is 10.0 Å². The van der Waals surface area contributed by atoms with Gasteiger partial charge in [0.1, 0.15) is 5.76 Å². The monoisotopic (exact) mass is 424 g/mol. The molecule has 0 radical (unpaired) electrons. The van der Waals surface area contributed by atoms with Gasteiger partial charge in [0.05, 0.1) is 5.75 Å². The van der Waals surface area contributed by atoms with Gasteiger partial charge in [-0.05, 0) is 65.0 Å². The lowest BCUT2D eigenvalue weighted by molar-refractivity contribution is 0.0900. The van der Waals surface area contributed by atoms with Crippen LogP contribution in [0.1, 0.15) is 80.0 Å². The van der Waals surface area contributed by atoms with Crippen LogP contribution in [0.4, 0.5) is 0 Å². The number of piperidine rings is 1. The maximum Gasteiger partial charge on any atom is 0.273 e. The molecule has 1 unspecified atom stereocenters. The quantitative estimate of drug-likeness (QED) is 0.557. The Morgan fingerprint density at radius 3 is 2.55 bits per heavy atom. The second-order valence-corrected chi connectivity index (χ2v) is 10.7. The number of carbonyl (C=O) groups is 1. The van der Waals surface area contributed by atoms with Crippen molar-refractivity contribution in [2.75, 3.05) is 19.3 Å². The molecule has 8 nitrogen and oxygen atoms in total. The van der Waals surface area contributed by atoms with Crippen LogP contribution in [-0.4, -0.2) is 61.3 Å². The fourth-order valence-electron chi connectivity index (χ4n) is 4.79. The Morgan fingerprint density at radius 2 is 1.90 bits per heavy atom. The number of nitrogens with zero attached hydrogens (tertiary/aromatic N) is 2. The van der Waals surface area contributed by atoms with Crippen molar-refractivity contribution in [3.05, 3.63) is 17.5 Å². The van der Waals surface area contributed by atoms with E-state index in [9.17, 15) is 13.2 Å². The molecule has 2 bridgehead atoms. The molecule has 2 N–H and O–H groups in total. The summed E-state index contributed by atoms with van der Waals surface area (Å²) in [7, 11) is -1.33. The molecule has 1 aliphatic carbocycles. The zero-order valence-corrected chi connectivity index (χ0v) is 17.9. The third-order valence-corrected chi connectivity index (χ3v) is 8.44. The first-order valence-corrected chi connectivity index (χ1v) is 12.5. The Hall–Kier alpha value is -1.45. The van der Waals surface area contributed by atoms with Gasteiger partial charge in [-0.15, -0.1) is 0 Å². The minimum absolute atomic E-state index is 0.000641. The van der Waals surface area contributed by atoms with Gasteiger partial charge >= 0.3 is 0 Å². The largest absolute Gasteiger partial charge is 0.360 e. The summed E-state index contributed by atoms with van der Waals surface area (Å²) < 4.78 is 32.8. The highest BCUT2D eigenvalue weighted by Crippen LogP contribution is 2.40. The van der Waals surface area contributed by atoms with E-state index in [1.807, 2.05) is 7.05 Å². The smallest absolute Gasteiger partial charge is 0.273 e. The van der Waals surface area contributed by atoms with E-state index in [0.717, 1.165) is 50.8 Å². The molecule has 29 heavy (non-hydrogen) atoms. The minimum atomic E-state index is -3.24. The van der Waals surface area contributed by atoms with E-state index in [2.05, 4.69) is 15.8 Å². The van der Waals surface area contributed by atoms with Crippen LogP contribution in [0.25, 0.3) is 0 Å². The summed E-state index contributed by atoms with van der Waals surface area (Å²) in [5.41, 5.74) is 0.330. The van der Waals surface area contributed by atoms with E-state index in [1.54, 1.807) is 10.4 Å². The number of aromatic nitrogens is 1. The molecule has 162 valence electrons. The van der Waals surface area contributed by atoms with Crippen molar-refractivity contribution in [1.82, 2.24) is 20.1 Å². The lowest BCUT2D eigenvalue weighted by atomic mass is 9.99. The summed E-state index contributed by atoms with van der Waals surface area (Å²) in [4.78, 5) is 12.5. The fraction of sp³-hybridized carbons (Fsp3) is 0.800. The summed E-state index contributed by atoms with van der Waals surface area (Å²) in [5.74, 6) is 1.23. The number of fused-ring (bicyclic) bond motifs is 2. The summed E-state index contributed by atoms with van der Waals surface area (Å²) in [6.07, 6.45) is 7.93. The van der Waals surface area contributed by atoms with Crippen LogP contribution in [0.5, 0.6) is 0 Å². The molecule has 3 fully saturated rings. The van der Waals surface area contributed by atoms with E-state index >= 15 is 0 Å². The Bertz CT molecular complexity index is 806. The number of amides is 1. The van der Waals surface area contributed by atoms with E-state index in [1.165, 1.54) is 0 Å². The van der Waals surface area contributed by atoms with E-state index in [4.69, 9.17) is 4.52 Å². The number of rotatable bonds is 10. The maximum absolute atomic E-state index is 12.9. The molecular formula is C20H32N4O4S. The topological polar surface area (TPSA) is 105 Å². The Kier molecular flexibility index (Phi) is 6.27. The fourth-order valence-corrected chi connectivity index (χ4v) is 6.86. The Balaban J connectivity index is 1.30. The third kappa shape index (κ3) is 4.83. The lowest BCUT2D eigenvalue weighted by Crippen LogP contribution is -2.52. The summed E-state index contributed by atoms with van der Waals surface area (Å²) >= 11 is 0.